The molecular formula is C20H26ClN5O2. The third kappa shape index (κ3) is 3.72. The first-order valence-corrected chi connectivity index (χ1v) is 10.3. The van der Waals surface area contributed by atoms with E-state index in [1.165, 1.54) is 0 Å². The summed E-state index contributed by atoms with van der Waals surface area (Å²) in [7, 11) is 0. The molecule has 2 fully saturated rings. The Bertz CT molecular complexity index is 851. The Morgan fingerprint density at radius 3 is 2.89 bits per heavy atom. The quantitative estimate of drug-likeness (QED) is 0.759. The molecule has 0 bridgehead atoms. The molecule has 2 aromatic heterocycles. The Hall–Kier alpha value is -2.15. The lowest BCUT2D eigenvalue weighted by molar-refractivity contribution is -0.130. The van der Waals surface area contributed by atoms with Gasteiger partial charge in [0.05, 0.1) is 22.9 Å². The second-order valence-electron chi connectivity index (χ2n) is 8.03. The first kappa shape index (κ1) is 19.2. The van der Waals surface area contributed by atoms with Crippen LogP contribution in [-0.2, 0) is 4.79 Å². The van der Waals surface area contributed by atoms with Gasteiger partial charge in [0, 0.05) is 23.7 Å². The molecule has 1 aliphatic carbocycles. The van der Waals surface area contributed by atoms with Crippen LogP contribution in [0.25, 0.3) is 11.3 Å². The maximum atomic E-state index is 12.7. The van der Waals surface area contributed by atoms with Crippen molar-refractivity contribution >= 4 is 23.5 Å². The number of nitrogens with one attached hydrogen (secondary N) is 2. The van der Waals surface area contributed by atoms with Crippen LogP contribution < -0.4 is 10.6 Å². The summed E-state index contributed by atoms with van der Waals surface area (Å²) in [5.74, 6) is 1.64. The van der Waals surface area contributed by atoms with E-state index in [0.29, 0.717) is 11.9 Å². The van der Waals surface area contributed by atoms with Crippen molar-refractivity contribution in [2.45, 2.75) is 63.9 Å². The first-order chi connectivity index (χ1) is 13.4. The number of carbonyl (C=O) groups excluding carboxylic acids is 1. The van der Waals surface area contributed by atoms with Crippen LogP contribution in [0.4, 0.5) is 5.95 Å². The Balaban J connectivity index is 1.48. The second kappa shape index (κ2) is 7.70. The Morgan fingerprint density at radius 2 is 2.14 bits per heavy atom. The maximum absolute atomic E-state index is 12.7. The van der Waals surface area contributed by atoms with Gasteiger partial charge in [-0.2, -0.15) is 0 Å². The summed E-state index contributed by atoms with van der Waals surface area (Å²) >= 11 is 6.36. The van der Waals surface area contributed by atoms with Crippen LogP contribution in [0.3, 0.4) is 0 Å². The van der Waals surface area contributed by atoms with Gasteiger partial charge < -0.3 is 15.2 Å². The number of carbonyl (C=O) groups is 1. The lowest BCUT2D eigenvalue weighted by atomic mass is 9.74. The van der Waals surface area contributed by atoms with Crippen molar-refractivity contribution in [3.8, 4) is 11.3 Å². The SMILES string of the molecule is Cc1noc(C)c1-c1ccnc(N[C@@H](C)C2CC3CC(Cl)CCC3NC2=O)n1. The van der Waals surface area contributed by atoms with Gasteiger partial charge in [0.25, 0.3) is 0 Å². The third-order valence-corrected chi connectivity index (χ3v) is 6.44. The summed E-state index contributed by atoms with van der Waals surface area (Å²) < 4.78 is 5.24. The average Bonchev–Trinajstić information content (AvgIpc) is 3.00. The van der Waals surface area contributed by atoms with Gasteiger partial charge in [-0.1, -0.05) is 5.16 Å². The van der Waals surface area contributed by atoms with E-state index in [9.17, 15) is 4.79 Å². The lowest BCUT2D eigenvalue weighted by Crippen LogP contribution is -2.55. The van der Waals surface area contributed by atoms with Crippen LogP contribution in [0.1, 0.15) is 44.1 Å². The smallest absolute Gasteiger partial charge is 0.225 e. The molecule has 0 spiro atoms. The number of rotatable bonds is 4. The fourth-order valence-electron chi connectivity index (χ4n) is 4.53. The number of aromatic nitrogens is 3. The van der Waals surface area contributed by atoms with E-state index in [2.05, 4.69) is 25.8 Å². The van der Waals surface area contributed by atoms with Gasteiger partial charge in [-0.25, -0.2) is 9.97 Å². The van der Waals surface area contributed by atoms with Crippen LogP contribution in [0.5, 0.6) is 0 Å². The second-order valence-corrected chi connectivity index (χ2v) is 8.64. The molecule has 2 N–H and O–H groups in total. The molecule has 0 radical (unpaired) electrons. The number of piperidine rings is 1. The molecule has 1 saturated heterocycles. The van der Waals surface area contributed by atoms with Gasteiger partial charge in [-0.3, -0.25) is 4.79 Å². The average molecular weight is 404 g/mol. The van der Waals surface area contributed by atoms with Crippen molar-refractivity contribution in [1.82, 2.24) is 20.4 Å². The van der Waals surface area contributed by atoms with Crippen molar-refractivity contribution in [3.05, 3.63) is 23.7 Å². The molecule has 0 aromatic carbocycles. The normalized spacial score (nSPS) is 28.4. The summed E-state index contributed by atoms with van der Waals surface area (Å²) in [5.41, 5.74) is 2.43. The van der Waals surface area contributed by atoms with E-state index in [0.717, 1.165) is 48.4 Å². The highest BCUT2D eigenvalue weighted by Crippen LogP contribution is 2.37. The van der Waals surface area contributed by atoms with E-state index in [4.69, 9.17) is 16.1 Å². The fraction of sp³-hybridized carbons (Fsp3) is 0.600. The van der Waals surface area contributed by atoms with Crippen LogP contribution in [0.2, 0.25) is 0 Å². The first-order valence-electron chi connectivity index (χ1n) is 9.89. The molecule has 1 saturated carbocycles. The van der Waals surface area contributed by atoms with Crippen LogP contribution >= 0.6 is 11.6 Å². The highest BCUT2D eigenvalue weighted by Gasteiger charge is 2.41. The number of aryl methyl sites for hydroxylation is 2. The Labute approximate surface area is 169 Å². The van der Waals surface area contributed by atoms with Gasteiger partial charge in [-0.15, -0.1) is 11.6 Å². The summed E-state index contributed by atoms with van der Waals surface area (Å²) in [6.07, 6.45) is 5.47. The zero-order chi connectivity index (χ0) is 19.8. The fourth-order valence-corrected chi connectivity index (χ4v) is 4.89. The summed E-state index contributed by atoms with van der Waals surface area (Å²) in [6.45, 7) is 5.77. The van der Waals surface area contributed by atoms with Crippen molar-refractivity contribution in [1.29, 1.82) is 0 Å². The minimum atomic E-state index is -0.130. The molecule has 1 amide bonds. The molecule has 28 heavy (non-hydrogen) atoms. The molecule has 1 aliphatic heterocycles. The number of hydrogen-bond donors (Lipinski definition) is 2. The molecule has 3 heterocycles. The van der Waals surface area contributed by atoms with E-state index >= 15 is 0 Å². The lowest BCUT2D eigenvalue weighted by Gasteiger charge is -2.42. The predicted octanol–water partition coefficient (Wildman–Crippen LogP) is 3.46. The number of anilines is 1. The molecule has 4 rings (SSSR count). The Morgan fingerprint density at radius 1 is 1.32 bits per heavy atom. The van der Waals surface area contributed by atoms with Gasteiger partial charge in [0.1, 0.15) is 5.76 Å². The van der Waals surface area contributed by atoms with Crippen molar-refractivity contribution in [3.63, 3.8) is 0 Å². The number of alkyl halides is 1. The van der Waals surface area contributed by atoms with Gasteiger partial charge in [0.15, 0.2) is 0 Å². The van der Waals surface area contributed by atoms with Crippen LogP contribution in [0, 0.1) is 25.7 Å². The highest BCUT2D eigenvalue weighted by molar-refractivity contribution is 6.20. The zero-order valence-corrected chi connectivity index (χ0v) is 17.2. The van der Waals surface area contributed by atoms with Crippen LogP contribution in [0.15, 0.2) is 16.8 Å². The standard InChI is InChI=1S/C20H26ClN5O2/c1-10(15-9-13-8-14(21)4-5-16(13)24-19(15)27)23-20-22-7-6-17(25-20)18-11(2)26-28-12(18)3/h6-7,10,13-16H,4-5,8-9H2,1-3H3,(H,24,27)(H,22,23,25)/t10-,13?,14?,15?,16?/m0/s1. The van der Waals surface area contributed by atoms with Crippen molar-refractivity contribution in [2.75, 3.05) is 5.32 Å². The number of hydrogen-bond acceptors (Lipinski definition) is 6. The van der Waals surface area contributed by atoms with E-state index < -0.39 is 0 Å². The van der Waals surface area contributed by atoms with Crippen LogP contribution in [-0.4, -0.2) is 38.5 Å². The third-order valence-electron chi connectivity index (χ3n) is 6.04. The molecule has 5 atom stereocenters. The zero-order valence-electron chi connectivity index (χ0n) is 16.4. The molecule has 2 aromatic rings. The number of halogens is 1. The monoisotopic (exact) mass is 403 g/mol. The highest BCUT2D eigenvalue weighted by atomic mass is 35.5. The maximum Gasteiger partial charge on any atom is 0.225 e. The van der Waals surface area contributed by atoms with Gasteiger partial charge >= 0.3 is 0 Å². The molecule has 4 unspecified atom stereocenters. The van der Waals surface area contributed by atoms with E-state index in [1.54, 1.807) is 6.20 Å². The van der Waals surface area contributed by atoms with Gasteiger partial charge in [0.2, 0.25) is 11.9 Å². The van der Waals surface area contributed by atoms with Crippen molar-refractivity contribution < 1.29 is 9.32 Å². The molecule has 2 aliphatic rings. The minimum absolute atomic E-state index is 0.0865. The van der Waals surface area contributed by atoms with E-state index in [-0.39, 0.29) is 29.3 Å². The largest absolute Gasteiger partial charge is 0.361 e. The summed E-state index contributed by atoms with van der Waals surface area (Å²) in [5, 5.41) is 10.7. The Kier molecular flexibility index (Phi) is 5.27. The molecule has 150 valence electrons. The molecular weight excluding hydrogens is 378 g/mol. The summed E-state index contributed by atoms with van der Waals surface area (Å²) in [4.78, 5) is 21.6. The van der Waals surface area contributed by atoms with Gasteiger partial charge in [-0.05, 0) is 58.4 Å². The van der Waals surface area contributed by atoms with Crippen molar-refractivity contribution in [2.24, 2.45) is 11.8 Å². The van der Waals surface area contributed by atoms with E-state index in [1.807, 2.05) is 26.8 Å². The number of fused-ring (bicyclic) bond motifs is 1. The minimum Gasteiger partial charge on any atom is -0.361 e. The topological polar surface area (TPSA) is 92.9 Å². The number of nitrogens with zero attached hydrogens (tertiary/aromatic N) is 3. The predicted molar refractivity (Wildman–Crippen MR) is 107 cm³/mol. The summed E-state index contributed by atoms with van der Waals surface area (Å²) in [6, 6.07) is 2.02. The molecule has 7 nitrogen and oxygen atoms in total. The molecule has 8 heteroatoms. The number of amides is 1.